The zero-order valence-electron chi connectivity index (χ0n) is 8.01. The SMILES string of the molecule is CC(c1nccs1)N1CC(N)CC1=O. The molecule has 0 spiro atoms. The first-order valence-corrected chi connectivity index (χ1v) is 5.51. The number of hydrogen-bond acceptors (Lipinski definition) is 4. The highest BCUT2D eigenvalue weighted by Crippen LogP contribution is 2.26. The number of amides is 1. The molecule has 1 saturated heterocycles. The van der Waals surface area contributed by atoms with Crippen molar-refractivity contribution in [2.24, 2.45) is 5.73 Å². The molecule has 0 radical (unpaired) electrons. The van der Waals surface area contributed by atoms with Gasteiger partial charge in [0.2, 0.25) is 5.91 Å². The number of rotatable bonds is 2. The van der Waals surface area contributed by atoms with Crippen LogP contribution in [0.5, 0.6) is 0 Å². The molecule has 0 bridgehead atoms. The summed E-state index contributed by atoms with van der Waals surface area (Å²) in [5, 5.41) is 2.90. The Kier molecular flexibility index (Phi) is 2.52. The second-order valence-corrected chi connectivity index (χ2v) is 4.48. The van der Waals surface area contributed by atoms with E-state index in [1.165, 1.54) is 0 Å². The molecular formula is C9H13N3OS. The third-order valence-corrected chi connectivity index (χ3v) is 3.41. The van der Waals surface area contributed by atoms with E-state index in [2.05, 4.69) is 4.98 Å². The van der Waals surface area contributed by atoms with Crippen molar-refractivity contribution in [3.8, 4) is 0 Å². The van der Waals surface area contributed by atoms with Gasteiger partial charge in [-0.3, -0.25) is 4.79 Å². The summed E-state index contributed by atoms with van der Waals surface area (Å²) in [7, 11) is 0. The van der Waals surface area contributed by atoms with Gasteiger partial charge in [-0.25, -0.2) is 4.98 Å². The number of nitrogens with zero attached hydrogens (tertiary/aromatic N) is 2. The van der Waals surface area contributed by atoms with Crippen LogP contribution in [-0.4, -0.2) is 28.4 Å². The summed E-state index contributed by atoms with van der Waals surface area (Å²) in [5.74, 6) is 0.139. The number of hydrogen-bond donors (Lipinski definition) is 1. The van der Waals surface area contributed by atoms with E-state index in [1.54, 1.807) is 17.5 Å². The zero-order valence-corrected chi connectivity index (χ0v) is 8.83. The van der Waals surface area contributed by atoms with Crippen LogP contribution >= 0.6 is 11.3 Å². The van der Waals surface area contributed by atoms with Gasteiger partial charge < -0.3 is 10.6 Å². The fourth-order valence-electron chi connectivity index (χ4n) is 1.71. The van der Waals surface area contributed by atoms with Gasteiger partial charge in [-0.05, 0) is 6.92 Å². The number of thiazole rings is 1. The van der Waals surface area contributed by atoms with Crippen LogP contribution in [0.1, 0.15) is 24.4 Å². The fourth-order valence-corrected chi connectivity index (χ4v) is 2.42. The van der Waals surface area contributed by atoms with Crippen LogP contribution < -0.4 is 5.73 Å². The van der Waals surface area contributed by atoms with Crippen LogP contribution in [0.3, 0.4) is 0 Å². The van der Waals surface area contributed by atoms with E-state index in [4.69, 9.17) is 5.73 Å². The first-order valence-electron chi connectivity index (χ1n) is 4.63. The van der Waals surface area contributed by atoms with E-state index in [0.29, 0.717) is 13.0 Å². The molecule has 1 amide bonds. The van der Waals surface area contributed by atoms with Crippen molar-refractivity contribution in [2.75, 3.05) is 6.54 Å². The summed E-state index contributed by atoms with van der Waals surface area (Å²) in [6.45, 7) is 2.65. The lowest BCUT2D eigenvalue weighted by Crippen LogP contribution is -2.30. The Balaban J connectivity index is 2.12. The molecule has 2 rings (SSSR count). The minimum atomic E-state index is -0.00934. The molecule has 76 valence electrons. The molecule has 2 heterocycles. The molecule has 0 saturated carbocycles. The largest absolute Gasteiger partial charge is 0.332 e. The van der Waals surface area contributed by atoms with E-state index in [0.717, 1.165) is 5.01 Å². The smallest absolute Gasteiger partial charge is 0.224 e. The van der Waals surface area contributed by atoms with Gasteiger partial charge in [-0.15, -0.1) is 11.3 Å². The molecule has 0 aliphatic carbocycles. The lowest BCUT2D eigenvalue weighted by molar-refractivity contribution is -0.129. The van der Waals surface area contributed by atoms with Gasteiger partial charge in [-0.1, -0.05) is 0 Å². The Morgan fingerprint density at radius 1 is 1.79 bits per heavy atom. The molecule has 2 unspecified atom stereocenters. The summed E-state index contributed by atoms with van der Waals surface area (Å²) < 4.78 is 0. The molecule has 1 fully saturated rings. The molecule has 4 nitrogen and oxygen atoms in total. The van der Waals surface area contributed by atoms with Crippen LogP contribution in [0.15, 0.2) is 11.6 Å². The second-order valence-electron chi connectivity index (χ2n) is 3.56. The van der Waals surface area contributed by atoms with Crippen LogP contribution in [-0.2, 0) is 4.79 Å². The van der Waals surface area contributed by atoms with Gasteiger partial charge in [-0.2, -0.15) is 0 Å². The van der Waals surface area contributed by atoms with Crippen molar-refractivity contribution in [1.29, 1.82) is 0 Å². The van der Waals surface area contributed by atoms with Gasteiger partial charge in [0.15, 0.2) is 0 Å². The minimum Gasteiger partial charge on any atom is -0.332 e. The number of likely N-dealkylation sites (tertiary alicyclic amines) is 1. The Morgan fingerprint density at radius 2 is 2.57 bits per heavy atom. The normalized spacial score (nSPS) is 24.3. The second kappa shape index (κ2) is 3.67. The van der Waals surface area contributed by atoms with Crippen molar-refractivity contribution < 1.29 is 4.79 Å². The van der Waals surface area contributed by atoms with Crippen molar-refractivity contribution in [1.82, 2.24) is 9.88 Å². The van der Waals surface area contributed by atoms with Crippen LogP contribution in [0.4, 0.5) is 0 Å². The van der Waals surface area contributed by atoms with Crippen molar-refractivity contribution in [3.05, 3.63) is 16.6 Å². The standard InChI is InChI=1S/C9H13N3OS/c1-6(9-11-2-3-14-9)12-5-7(10)4-8(12)13/h2-3,6-7H,4-5,10H2,1H3. The molecule has 1 aliphatic heterocycles. The third kappa shape index (κ3) is 1.65. The first kappa shape index (κ1) is 9.61. The van der Waals surface area contributed by atoms with Crippen molar-refractivity contribution in [3.63, 3.8) is 0 Å². The van der Waals surface area contributed by atoms with E-state index >= 15 is 0 Å². The molecule has 2 N–H and O–H groups in total. The topological polar surface area (TPSA) is 59.2 Å². The van der Waals surface area contributed by atoms with E-state index in [-0.39, 0.29) is 18.0 Å². The average Bonchev–Trinajstić information content (AvgIpc) is 2.73. The summed E-state index contributed by atoms with van der Waals surface area (Å²) in [6, 6.07) is 0.0564. The number of carbonyl (C=O) groups is 1. The maximum absolute atomic E-state index is 11.5. The summed E-state index contributed by atoms with van der Waals surface area (Å²) in [5.41, 5.74) is 5.73. The third-order valence-electron chi connectivity index (χ3n) is 2.46. The van der Waals surface area contributed by atoms with E-state index in [9.17, 15) is 4.79 Å². The molecule has 1 aromatic rings. The van der Waals surface area contributed by atoms with Crippen LogP contribution in [0.2, 0.25) is 0 Å². The minimum absolute atomic E-state index is 0.00934. The molecule has 2 atom stereocenters. The first-order chi connectivity index (χ1) is 6.68. The zero-order chi connectivity index (χ0) is 10.1. The van der Waals surface area contributed by atoms with E-state index < -0.39 is 0 Å². The highest BCUT2D eigenvalue weighted by molar-refractivity contribution is 7.09. The number of nitrogens with two attached hydrogens (primary N) is 1. The lowest BCUT2D eigenvalue weighted by atomic mass is 10.3. The lowest BCUT2D eigenvalue weighted by Gasteiger charge is -2.22. The summed E-state index contributed by atoms with van der Waals surface area (Å²) in [6.07, 6.45) is 2.23. The predicted molar refractivity (Wildman–Crippen MR) is 54.8 cm³/mol. The fraction of sp³-hybridized carbons (Fsp3) is 0.556. The number of aromatic nitrogens is 1. The predicted octanol–water partition coefficient (Wildman–Crippen LogP) is 0.764. The Labute approximate surface area is 86.7 Å². The van der Waals surface area contributed by atoms with Gasteiger partial charge in [0, 0.05) is 30.6 Å². The summed E-state index contributed by atoms with van der Waals surface area (Å²) >= 11 is 1.58. The quantitative estimate of drug-likeness (QED) is 0.785. The van der Waals surface area contributed by atoms with Gasteiger partial charge in [0.1, 0.15) is 5.01 Å². The Hall–Kier alpha value is -0.940. The molecule has 1 aromatic heterocycles. The molecule has 1 aliphatic rings. The van der Waals surface area contributed by atoms with Crippen LogP contribution in [0.25, 0.3) is 0 Å². The Bertz CT molecular complexity index is 325. The number of carbonyl (C=O) groups excluding carboxylic acids is 1. The maximum Gasteiger partial charge on any atom is 0.224 e. The highest BCUT2D eigenvalue weighted by atomic mass is 32.1. The maximum atomic E-state index is 11.5. The van der Waals surface area contributed by atoms with Gasteiger partial charge in [0.25, 0.3) is 0 Å². The highest BCUT2D eigenvalue weighted by Gasteiger charge is 2.31. The molecule has 14 heavy (non-hydrogen) atoms. The summed E-state index contributed by atoms with van der Waals surface area (Å²) in [4.78, 5) is 17.6. The molecule has 0 aromatic carbocycles. The van der Waals surface area contributed by atoms with Gasteiger partial charge >= 0.3 is 0 Å². The van der Waals surface area contributed by atoms with E-state index in [1.807, 2.05) is 17.2 Å². The Morgan fingerprint density at radius 3 is 3.07 bits per heavy atom. The molecular weight excluding hydrogens is 198 g/mol. The average molecular weight is 211 g/mol. The van der Waals surface area contributed by atoms with Crippen LogP contribution in [0, 0.1) is 0 Å². The van der Waals surface area contributed by atoms with Gasteiger partial charge in [0.05, 0.1) is 6.04 Å². The monoisotopic (exact) mass is 211 g/mol. The molecule has 5 heteroatoms. The van der Waals surface area contributed by atoms with Crippen molar-refractivity contribution >= 4 is 17.2 Å². The van der Waals surface area contributed by atoms with Crippen molar-refractivity contribution in [2.45, 2.75) is 25.4 Å².